The van der Waals surface area contributed by atoms with Crippen molar-refractivity contribution in [1.82, 2.24) is 10.3 Å². The highest BCUT2D eigenvalue weighted by Crippen LogP contribution is 2.20. The van der Waals surface area contributed by atoms with Crippen molar-refractivity contribution in [2.45, 2.75) is 13.0 Å². The molecule has 2 amide bonds. The Bertz CT molecular complexity index is 549. The van der Waals surface area contributed by atoms with E-state index in [2.05, 4.69) is 15.6 Å². The number of benzene rings is 1. The lowest BCUT2D eigenvalue weighted by Crippen LogP contribution is -2.34. The Hall–Kier alpha value is -2.14. The molecule has 1 aromatic carbocycles. The van der Waals surface area contributed by atoms with Crippen LogP contribution in [0.5, 0.6) is 0 Å². The van der Waals surface area contributed by atoms with E-state index in [1.807, 2.05) is 24.3 Å². The number of hydrogen-bond acceptors (Lipinski definition) is 3. The molecule has 0 saturated carbocycles. The minimum atomic E-state index is -0.568. The Morgan fingerprint density at radius 3 is 2.94 bits per heavy atom. The van der Waals surface area contributed by atoms with E-state index in [4.69, 9.17) is 5.11 Å². The summed E-state index contributed by atoms with van der Waals surface area (Å²) in [4.78, 5) is 15.8. The fourth-order valence-electron chi connectivity index (χ4n) is 1.61. The third-order valence-electron chi connectivity index (χ3n) is 2.44. The predicted molar refractivity (Wildman–Crippen MR) is 70.4 cm³/mol. The number of urea groups is 1. The summed E-state index contributed by atoms with van der Waals surface area (Å²) in [6.45, 7) is 1.82. The fourth-order valence-corrected chi connectivity index (χ4v) is 1.61. The number of carbonyl (C=O) groups is 1. The van der Waals surface area contributed by atoms with Gasteiger partial charge in [0.15, 0.2) is 0 Å². The Kier molecular flexibility index (Phi) is 3.74. The van der Waals surface area contributed by atoms with Crippen LogP contribution in [0.2, 0.25) is 0 Å². The number of fused-ring (bicyclic) bond motifs is 1. The zero-order valence-corrected chi connectivity index (χ0v) is 10.1. The molecule has 0 saturated heterocycles. The Labute approximate surface area is 105 Å². The van der Waals surface area contributed by atoms with Crippen LogP contribution in [0.1, 0.15) is 6.92 Å². The molecule has 0 unspecified atom stereocenters. The third-order valence-corrected chi connectivity index (χ3v) is 2.44. The van der Waals surface area contributed by atoms with Crippen molar-refractivity contribution < 1.29 is 9.90 Å². The Balaban J connectivity index is 2.14. The number of hydrogen-bond donors (Lipinski definition) is 3. The number of aliphatic hydroxyl groups is 1. The zero-order chi connectivity index (χ0) is 13.0. The van der Waals surface area contributed by atoms with Gasteiger partial charge in [-0.15, -0.1) is 0 Å². The molecule has 1 aromatic heterocycles. The van der Waals surface area contributed by atoms with E-state index in [1.165, 1.54) is 0 Å². The molecule has 94 valence electrons. The first-order valence-electron chi connectivity index (χ1n) is 5.73. The smallest absolute Gasteiger partial charge is 0.319 e. The van der Waals surface area contributed by atoms with Gasteiger partial charge in [0.05, 0.1) is 17.3 Å². The van der Waals surface area contributed by atoms with Gasteiger partial charge in [-0.1, -0.05) is 18.2 Å². The van der Waals surface area contributed by atoms with Gasteiger partial charge in [-0.25, -0.2) is 4.79 Å². The topological polar surface area (TPSA) is 74.2 Å². The number of para-hydroxylation sites is 1. The molecule has 0 radical (unpaired) electrons. The average Bonchev–Trinajstić information content (AvgIpc) is 2.37. The lowest BCUT2D eigenvalue weighted by molar-refractivity contribution is 0.190. The van der Waals surface area contributed by atoms with Crippen molar-refractivity contribution in [1.29, 1.82) is 0 Å². The summed E-state index contributed by atoms with van der Waals surface area (Å²) in [5.41, 5.74) is 1.39. The van der Waals surface area contributed by atoms with E-state index < -0.39 is 6.10 Å². The first-order chi connectivity index (χ1) is 8.66. The van der Waals surface area contributed by atoms with Crippen molar-refractivity contribution in [3.63, 3.8) is 0 Å². The SMILES string of the molecule is C[C@H](O)CNC(=O)Nc1cccc2cccnc12. The monoisotopic (exact) mass is 245 g/mol. The van der Waals surface area contributed by atoms with Crippen molar-refractivity contribution in [2.75, 3.05) is 11.9 Å². The van der Waals surface area contributed by atoms with Gasteiger partial charge in [-0.2, -0.15) is 0 Å². The quantitative estimate of drug-likeness (QED) is 0.771. The summed E-state index contributed by atoms with van der Waals surface area (Å²) >= 11 is 0. The number of nitrogens with one attached hydrogen (secondary N) is 2. The zero-order valence-electron chi connectivity index (χ0n) is 10.1. The van der Waals surface area contributed by atoms with E-state index in [0.29, 0.717) is 5.69 Å². The molecule has 1 atom stereocenters. The number of rotatable bonds is 3. The molecular formula is C13H15N3O2. The van der Waals surface area contributed by atoms with Crippen LogP contribution in [0, 0.1) is 0 Å². The molecule has 0 fully saturated rings. The maximum atomic E-state index is 11.6. The van der Waals surface area contributed by atoms with Gasteiger partial charge in [0.1, 0.15) is 0 Å². The Morgan fingerprint density at radius 2 is 2.17 bits per heavy atom. The minimum absolute atomic E-state index is 0.212. The number of aromatic nitrogens is 1. The number of carbonyl (C=O) groups excluding carboxylic acids is 1. The summed E-state index contributed by atoms with van der Waals surface area (Å²) in [7, 11) is 0. The van der Waals surface area contributed by atoms with Crippen molar-refractivity contribution >= 4 is 22.6 Å². The van der Waals surface area contributed by atoms with Crippen molar-refractivity contribution in [2.24, 2.45) is 0 Å². The molecule has 18 heavy (non-hydrogen) atoms. The second-order valence-electron chi connectivity index (χ2n) is 4.06. The van der Waals surface area contributed by atoms with Crippen LogP contribution < -0.4 is 10.6 Å². The van der Waals surface area contributed by atoms with Crippen molar-refractivity contribution in [3.8, 4) is 0 Å². The number of pyridine rings is 1. The second-order valence-corrected chi connectivity index (χ2v) is 4.06. The van der Waals surface area contributed by atoms with Gasteiger partial charge >= 0.3 is 6.03 Å². The summed E-state index contributed by atoms with van der Waals surface area (Å²) in [5, 5.41) is 15.3. The number of anilines is 1. The minimum Gasteiger partial charge on any atom is -0.392 e. The van der Waals surface area contributed by atoms with Gasteiger partial charge in [0, 0.05) is 18.1 Å². The van der Waals surface area contributed by atoms with E-state index >= 15 is 0 Å². The summed E-state index contributed by atoms with van der Waals surface area (Å²) in [5.74, 6) is 0. The number of nitrogens with zero attached hydrogens (tertiary/aromatic N) is 1. The molecule has 0 aliphatic rings. The number of amides is 2. The fraction of sp³-hybridized carbons (Fsp3) is 0.231. The van der Waals surface area contributed by atoms with E-state index in [9.17, 15) is 4.79 Å². The van der Waals surface area contributed by atoms with Gasteiger partial charge in [0.25, 0.3) is 0 Å². The molecule has 5 heteroatoms. The number of aliphatic hydroxyl groups excluding tert-OH is 1. The lowest BCUT2D eigenvalue weighted by Gasteiger charge is -2.10. The van der Waals surface area contributed by atoms with Gasteiger partial charge < -0.3 is 15.7 Å². The van der Waals surface area contributed by atoms with E-state index in [0.717, 1.165) is 10.9 Å². The van der Waals surface area contributed by atoms with E-state index in [-0.39, 0.29) is 12.6 Å². The first kappa shape index (κ1) is 12.3. The summed E-state index contributed by atoms with van der Waals surface area (Å²) < 4.78 is 0. The molecule has 0 bridgehead atoms. The molecule has 3 N–H and O–H groups in total. The van der Waals surface area contributed by atoms with Crippen LogP contribution in [0.4, 0.5) is 10.5 Å². The summed E-state index contributed by atoms with van der Waals surface area (Å²) in [6.07, 6.45) is 1.11. The van der Waals surface area contributed by atoms with Crippen LogP contribution >= 0.6 is 0 Å². The first-order valence-corrected chi connectivity index (χ1v) is 5.73. The maximum absolute atomic E-state index is 11.6. The van der Waals surface area contributed by atoms with Crippen LogP contribution in [0.3, 0.4) is 0 Å². The highest BCUT2D eigenvalue weighted by Gasteiger charge is 2.06. The van der Waals surface area contributed by atoms with Crippen LogP contribution in [0.15, 0.2) is 36.5 Å². The van der Waals surface area contributed by atoms with Crippen LogP contribution in [-0.2, 0) is 0 Å². The van der Waals surface area contributed by atoms with E-state index in [1.54, 1.807) is 19.2 Å². The Morgan fingerprint density at radius 1 is 1.39 bits per heavy atom. The molecule has 2 rings (SSSR count). The largest absolute Gasteiger partial charge is 0.392 e. The standard InChI is InChI=1S/C13H15N3O2/c1-9(17)8-15-13(18)16-11-6-2-4-10-5-3-7-14-12(10)11/h2-7,9,17H,8H2,1H3,(H2,15,16,18)/t9-/m0/s1. The molecule has 0 aliphatic heterocycles. The molecule has 5 nitrogen and oxygen atoms in total. The molecule has 2 aromatic rings. The highest BCUT2D eigenvalue weighted by molar-refractivity contribution is 5.99. The maximum Gasteiger partial charge on any atom is 0.319 e. The molecule has 1 heterocycles. The third kappa shape index (κ3) is 2.95. The predicted octanol–water partition coefficient (Wildman–Crippen LogP) is 1.74. The average molecular weight is 245 g/mol. The van der Waals surface area contributed by atoms with Gasteiger partial charge in [0.2, 0.25) is 0 Å². The van der Waals surface area contributed by atoms with Crippen molar-refractivity contribution in [3.05, 3.63) is 36.5 Å². The second kappa shape index (κ2) is 5.46. The molecular weight excluding hydrogens is 230 g/mol. The van der Waals surface area contributed by atoms with Gasteiger partial charge in [-0.05, 0) is 19.1 Å². The van der Waals surface area contributed by atoms with Gasteiger partial charge in [-0.3, -0.25) is 4.98 Å². The van der Waals surface area contributed by atoms with Crippen LogP contribution in [-0.4, -0.2) is 28.8 Å². The normalized spacial score (nSPS) is 12.1. The molecule has 0 spiro atoms. The molecule has 0 aliphatic carbocycles. The van der Waals surface area contributed by atoms with Crippen LogP contribution in [0.25, 0.3) is 10.9 Å². The summed E-state index contributed by atoms with van der Waals surface area (Å²) in [6, 6.07) is 9.00. The lowest BCUT2D eigenvalue weighted by atomic mass is 10.2. The highest BCUT2D eigenvalue weighted by atomic mass is 16.3.